The second kappa shape index (κ2) is 7.15. The van der Waals surface area contributed by atoms with Gasteiger partial charge in [-0.05, 0) is 12.5 Å². The van der Waals surface area contributed by atoms with Crippen LogP contribution in [0.5, 0.6) is 0 Å². The van der Waals surface area contributed by atoms with Crippen molar-refractivity contribution in [3.63, 3.8) is 0 Å². The smallest absolute Gasteiger partial charge is 0.287 e. The predicted molar refractivity (Wildman–Crippen MR) is 93.1 cm³/mol. The van der Waals surface area contributed by atoms with Gasteiger partial charge in [0.25, 0.3) is 5.56 Å². The Morgan fingerprint density at radius 2 is 1.83 bits per heavy atom. The van der Waals surface area contributed by atoms with Crippen LogP contribution in [-0.2, 0) is 13.1 Å². The molecule has 3 rings (SSSR count). The predicted octanol–water partition coefficient (Wildman–Crippen LogP) is 2.24. The minimum atomic E-state index is -0.210. The van der Waals surface area contributed by atoms with Crippen LogP contribution in [0.15, 0.2) is 41.3 Å². The molecule has 122 valence electrons. The van der Waals surface area contributed by atoms with Gasteiger partial charge < -0.3 is 4.90 Å². The van der Waals surface area contributed by atoms with Crippen LogP contribution in [0.2, 0.25) is 5.02 Å². The van der Waals surface area contributed by atoms with Crippen LogP contribution in [0.1, 0.15) is 12.5 Å². The Bertz CT molecular complexity index is 708. The van der Waals surface area contributed by atoms with E-state index in [-0.39, 0.29) is 10.6 Å². The molecule has 0 bridgehead atoms. The molecule has 5 nitrogen and oxygen atoms in total. The van der Waals surface area contributed by atoms with Crippen LogP contribution in [-0.4, -0.2) is 40.9 Å². The molecule has 6 heteroatoms. The fourth-order valence-electron chi connectivity index (χ4n) is 2.89. The number of piperazine rings is 1. The van der Waals surface area contributed by atoms with Gasteiger partial charge in [0.1, 0.15) is 5.02 Å². The molecule has 2 aromatic rings. The third kappa shape index (κ3) is 3.57. The number of aromatic nitrogens is 2. The van der Waals surface area contributed by atoms with E-state index in [0.717, 1.165) is 38.4 Å². The van der Waals surface area contributed by atoms with E-state index in [1.54, 1.807) is 6.20 Å². The lowest BCUT2D eigenvalue weighted by Crippen LogP contribution is -2.46. The maximum Gasteiger partial charge on any atom is 0.287 e. The first kappa shape index (κ1) is 16.0. The Kier molecular flexibility index (Phi) is 4.98. The average Bonchev–Trinajstić information content (AvgIpc) is 2.59. The van der Waals surface area contributed by atoms with Gasteiger partial charge in [-0.1, -0.05) is 41.9 Å². The molecular weight excluding hydrogens is 312 g/mol. The largest absolute Gasteiger partial charge is 0.366 e. The highest BCUT2D eigenvalue weighted by atomic mass is 35.5. The molecule has 1 fully saturated rings. The Hall–Kier alpha value is -1.85. The summed E-state index contributed by atoms with van der Waals surface area (Å²) in [6.45, 7) is 6.96. The van der Waals surface area contributed by atoms with E-state index in [9.17, 15) is 4.79 Å². The number of hydrogen-bond acceptors (Lipinski definition) is 4. The van der Waals surface area contributed by atoms with Crippen molar-refractivity contribution in [2.75, 3.05) is 31.1 Å². The van der Waals surface area contributed by atoms with Crippen LogP contribution in [0.25, 0.3) is 0 Å². The Morgan fingerprint density at radius 3 is 2.48 bits per heavy atom. The first-order valence-electron chi connectivity index (χ1n) is 7.96. The first-order valence-corrected chi connectivity index (χ1v) is 8.33. The van der Waals surface area contributed by atoms with Gasteiger partial charge in [-0.3, -0.25) is 9.69 Å². The molecule has 0 atom stereocenters. The van der Waals surface area contributed by atoms with Gasteiger partial charge in [-0.2, -0.15) is 5.10 Å². The standard InChI is InChI=1S/C17H21ClN4O/c1-2-22-17(23)16(18)15(12-19-22)21-10-8-20(9-11-21)13-14-6-4-3-5-7-14/h3-7,12H,2,8-11,13H2,1H3. The Balaban J connectivity index is 1.65. The van der Waals surface area contributed by atoms with Crippen molar-refractivity contribution in [2.45, 2.75) is 20.0 Å². The van der Waals surface area contributed by atoms with Gasteiger partial charge >= 0.3 is 0 Å². The topological polar surface area (TPSA) is 41.4 Å². The van der Waals surface area contributed by atoms with E-state index in [2.05, 4.69) is 39.2 Å². The summed E-state index contributed by atoms with van der Waals surface area (Å²) in [5.74, 6) is 0. The summed E-state index contributed by atoms with van der Waals surface area (Å²) >= 11 is 6.25. The molecule has 1 aromatic carbocycles. The van der Waals surface area contributed by atoms with E-state index < -0.39 is 0 Å². The zero-order valence-electron chi connectivity index (χ0n) is 13.3. The molecule has 23 heavy (non-hydrogen) atoms. The van der Waals surface area contributed by atoms with Crippen molar-refractivity contribution >= 4 is 17.3 Å². The van der Waals surface area contributed by atoms with Crippen LogP contribution in [0.3, 0.4) is 0 Å². The van der Waals surface area contributed by atoms with Crippen molar-refractivity contribution < 1.29 is 0 Å². The van der Waals surface area contributed by atoms with E-state index in [0.29, 0.717) is 6.54 Å². The van der Waals surface area contributed by atoms with Crippen LogP contribution in [0.4, 0.5) is 5.69 Å². The van der Waals surface area contributed by atoms with Crippen molar-refractivity contribution in [1.82, 2.24) is 14.7 Å². The summed E-state index contributed by atoms with van der Waals surface area (Å²) in [5.41, 5.74) is 1.87. The average molecular weight is 333 g/mol. The Morgan fingerprint density at radius 1 is 1.13 bits per heavy atom. The number of nitrogens with zero attached hydrogens (tertiary/aromatic N) is 4. The number of anilines is 1. The molecule has 1 aromatic heterocycles. The summed E-state index contributed by atoms with van der Waals surface area (Å²) in [6.07, 6.45) is 1.71. The van der Waals surface area contributed by atoms with E-state index in [4.69, 9.17) is 11.6 Å². The number of rotatable bonds is 4. The fraction of sp³-hybridized carbons (Fsp3) is 0.412. The Labute approximate surface area is 141 Å². The summed E-state index contributed by atoms with van der Waals surface area (Å²) in [5, 5.41) is 4.46. The lowest BCUT2D eigenvalue weighted by atomic mass is 10.2. The quantitative estimate of drug-likeness (QED) is 0.861. The fourth-order valence-corrected chi connectivity index (χ4v) is 3.16. The second-order valence-corrected chi connectivity index (χ2v) is 6.09. The molecule has 1 saturated heterocycles. The maximum absolute atomic E-state index is 12.1. The van der Waals surface area contributed by atoms with Gasteiger partial charge in [0.05, 0.1) is 11.9 Å². The summed E-state index contributed by atoms with van der Waals surface area (Å²) in [7, 11) is 0. The molecule has 2 heterocycles. The molecular formula is C17H21ClN4O. The normalized spacial score (nSPS) is 15.8. The molecule has 0 radical (unpaired) electrons. The highest BCUT2D eigenvalue weighted by molar-refractivity contribution is 6.33. The zero-order chi connectivity index (χ0) is 16.2. The molecule has 0 spiro atoms. The van der Waals surface area contributed by atoms with Crippen molar-refractivity contribution in [3.05, 3.63) is 57.5 Å². The number of halogens is 1. The lowest BCUT2D eigenvalue weighted by molar-refractivity contribution is 0.249. The molecule has 0 unspecified atom stereocenters. The third-order valence-corrected chi connectivity index (χ3v) is 4.58. The molecule has 0 N–H and O–H groups in total. The monoisotopic (exact) mass is 332 g/mol. The highest BCUT2D eigenvalue weighted by Crippen LogP contribution is 2.22. The minimum Gasteiger partial charge on any atom is -0.366 e. The molecule has 1 aliphatic heterocycles. The maximum atomic E-state index is 12.1. The van der Waals surface area contributed by atoms with Crippen LogP contribution < -0.4 is 10.5 Å². The minimum absolute atomic E-state index is 0.210. The molecule has 0 saturated carbocycles. The molecule has 0 aliphatic carbocycles. The number of benzene rings is 1. The number of aryl methyl sites for hydroxylation is 1. The summed E-state index contributed by atoms with van der Waals surface area (Å²) in [4.78, 5) is 16.7. The molecule has 0 amide bonds. The van der Waals surface area contributed by atoms with Crippen LogP contribution >= 0.6 is 11.6 Å². The van der Waals surface area contributed by atoms with Gasteiger partial charge in [0.15, 0.2) is 0 Å². The summed E-state index contributed by atoms with van der Waals surface area (Å²) in [6, 6.07) is 10.5. The molecule has 1 aliphatic rings. The van der Waals surface area contributed by atoms with Gasteiger partial charge in [0, 0.05) is 39.3 Å². The lowest BCUT2D eigenvalue weighted by Gasteiger charge is -2.36. The van der Waals surface area contributed by atoms with Crippen LogP contribution in [0, 0.1) is 0 Å². The van der Waals surface area contributed by atoms with Gasteiger partial charge in [-0.25, -0.2) is 4.68 Å². The highest BCUT2D eigenvalue weighted by Gasteiger charge is 2.21. The van der Waals surface area contributed by atoms with Gasteiger partial charge in [0.2, 0.25) is 0 Å². The first-order chi connectivity index (χ1) is 11.2. The second-order valence-electron chi connectivity index (χ2n) is 5.71. The number of hydrogen-bond donors (Lipinski definition) is 0. The van der Waals surface area contributed by atoms with E-state index in [1.807, 2.05) is 13.0 Å². The SMILES string of the molecule is CCn1ncc(N2CCN(Cc3ccccc3)CC2)c(Cl)c1=O. The van der Waals surface area contributed by atoms with E-state index >= 15 is 0 Å². The zero-order valence-corrected chi connectivity index (χ0v) is 14.0. The summed E-state index contributed by atoms with van der Waals surface area (Å²) < 4.78 is 1.39. The third-order valence-electron chi connectivity index (χ3n) is 4.23. The van der Waals surface area contributed by atoms with E-state index in [1.165, 1.54) is 10.2 Å². The van der Waals surface area contributed by atoms with Gasteiger partial charge in [-0.15, -0.1) is 0 Å². The van der Waals surface area contributed by atoms with Crippen molar-refractivity contribution in [2.24, 2.45) is 0 Å². The van der Waals surface area contributed by atoms with Crippen molar-refractivity contribution in [1.29, 1.82) is 0 Å². The van der Waals surface area contributed by atoms with Crippen molar-refractivity contribution in [3.8, 4) is 0 Å².